The number of hydrogen-bond acceptors (Lipinski definition) is 5. The van der Waals surface area contributed by atoms with Crippen LogP contribution in [0.3, 0.4) is 0 Å². The second-order valence-corrected chi connectivity index (χ2v) is 4.21. The number of aryl methyl sites for hydroxylation is 1. The Kier molecular flexibility index (Phi) is 4.19. The summed E-state index contributed by atoms with van der Waals surface area (Å²) < 4.78 is 7.01. The van der Waals surface area contributed by atoms with E-state index in [1.54, 1.807) is 23.7 Å². The molecule has 1 N–H and O–H groups in total. The van der Waals surface area contributed by atoms with Gasteiger partial charge in [-0.15, -0.1) is 0 Å². The number of nitro groups is 1. The van der Waals surface area contributed by atoms with E-state index in [0.29, 0.717) is 13.2 Å². The van der Waals surface area contributed by atoms with Crippen molar-refractivity contribution in [2.75, 3.05) is 11.9 Å². The maximum Gasteiger partial charge on any atom is 0.311 e. The number of aromatic nitrogens is 2. The molecule has 1 heterocycles. The Morgan fingerprint density at radius 2 is 2.25 bits per heavy atom. The maximum atomic E-state index is 10.9. The van der Waals surface area contributed by atoms with E-state index in [9.17, 15) is 10.1 Å². The van der Waals surface area contributed by atoms with E-state index >= 15 is 0 Å². The minimum absolute atomic E-state index is 0.0322. The van der Waals surface area contributed by atoms with Crippen molar-refractivity contribution in [3.8, 4) is 5.75 Å². The summed E-state index contributed by atoms with van der Waals surface area (Å²) in [5, 5.41) is 18.3. The van der Waals surface area contributed by atoms with Gasteiger partial charge >= 0.3 is 5.69 Å². The fourth-order valence-corrected chi connectivity index (χ4v) is 1.80. The number of nitro benzene ring substituents is 1. The molecular weight excluding hydrogens is 260 g/mol. The molecule has 7 heteroatoms. The predicted octanol–water partition coefficient (Wildman–Crippen LogP) is 2.34. The summed E-state index contributed by atoms with van der Waals surface area (Å²) in [4.78, 5) is 10.4. The second kappa shape index (κ2) is 6.05. The van der Waals surface area contributed by atoms with Gasteiger partial charge < -0.3 is 10.1 Å². The Morgan fingerprint density at radius 3 is 2.85 bits per heavy atom. The normalized spacial score (nSPS) is 10.3. The molecule has 2 rings (SSSR count). The van der Waals surface area contributed by atoms with Crippen LogP contribution in [-0.2, 0) is 13.6 Å². The van der Waals surface area contributed by atoms with Crippen LogP contribution in [0.1, 0.15) is 12.6 Å². The lowest BCUT2D eigenvalue weighted by Crippen LogP contribution is -2.03. The zero-order valence-corrected chi connectivity index (χ0v) is 11.4. The molecule has 7 nitrogen and oxygen atoms in total. The Bertz CT molecular complexity index is 609. The number of anilines is 1. The first-order valence-corrected chi connectivity index (χ1v) is 6.23. The number of benzene rings is 1. The van der Waals surface area contributed by atoms with Crippen LogP contribution in [0.15, 0.2) is 30.5 Å². The summed E-state index contributed by atoms with van der Waals surface area (Å²) in [5.41, 5.74) is 1.61. The van der Waals surface area contributed by atoms with E-state index in [0.717, 1.165) is 11.4 Å². The number of rotatable bonds is 6. The van der Waals surface area contributed by atoms with Crippen LogP contribution in [0.25, 0.3) is 0 Å². The van der Waals surface area contributed by atoms with Crippen LogP contribution in [0.5, 0.6) is 5.75 Å². The average Bonchev–Trinajstić information content (AvgIpc) is 2.82. The van der Waals surface area contributed by atoms with Gasteiger partial charge in [0.05, 0.1) is 23.8 Å². The van der Waals surface area contributed by atoms with Crippen molar-refractivity contribution in [2.24, 2.45) is 7.05 Å². The molecule has 0 aliphatic heterocycles. The van der Waals surface area contributed by atoms with Gasteiger partial charge in [0, 0.05) is 31.1 Å². The highest BCUT2D eigenvalue weighted by Crippen LogP contribution is 2.30. The number of ether oxygens (including phenoxy) is 1. The van der Waals surface area contributed by atoms with Crippen LogP contribution in [-0.4, -0.2) is 21.3 Å². The molecule has 0 aliphatic carbocycles. The smallest absolute Gasteiger partial charge is 0.311 e. The molecule has 0 fully saturated rings. The van der Waals surface area contributed by atoms with Gasteiger partial charge in [-0.1, -0.05) is 0 Å². The quantitative estimate of drug-likeness (QED) is 0.646. The fourth-order valence-electron chi connectivity index (χ4n) is 1.80. The zero-order chi connectivity index (χ0) is 14.5. The van der Waals surface area contributed by atoms with Gasteiger partial charge in [0.15, 0.2) is 5.75 Å². The van der Waals surface area contributed by atoms with Gasteiger partial charge in [-0.2, -0.15) is 5.10 Å². The summed E-state index contributed by atoms with van der Waals surface area (Å²) >= 11 is 0. The minimum atomic E-state index is -0.451. The van der Waals surface area contributed by atoms with Crippen molar-refractivity contribution in [1.29, 1.82) is 0 Å². The van der Waals surface area contributed by atoms with E-state index in [4.69, 9.17) is 4.74 Å². The van der Waals surface area contributed by atoms with Gasteiger partial charge in [-0.25, -0.2) is 0 Å². The fraction of sp³-hybridized carbons (Fsp3) is 0.308. The van der Waals surface area contributed by atoms with E-state index in [2.05, 4.69) is 10.4 Å². The van der Waals surface area contributed by atoms with Crippen LogP contribution in [0.4, 0.5) is 11.4 Å². The SMILES string of the molecule is CCOc1cc(NCc2ccn(C)n2)ccc1[N+](=O)[O-]. The molecule has 0 spiro atoms. The van der Waals surface area contributed by atoms with Gasteiger partial charge in [0.25, 0.3) is 0 Å². The molecule has 0 atom stereocenters. The Balaban J connectivity index is 2.12. The molecule has 20 heavy (non-hydrogen) atoms. The first kappa shape index (κ1) is 13.9. The van der Waals surface area contributed by atoms with Crippen LogP contribution in [0.2, 0.25) is 0 Å². The average molecular weight is 276 g/mol. The minimum Gasteiger partial charge on any atom is -0.487 e. The van der Waals surface area contributed by atoms with Crippen molar-refractivity contribution < 1.29 is 9.66 Å². The standard InChI is InChI=1S/C13H16N4O3/c1-3-20-13-8-10(4-5-12(13)17(18)19)14-9-11-6-7-16(2)15-11/h4-8,14H,3,9H2,1-2H3. The largest absolute Gasteiger partial charge is 0.487 e. The third-order valence-electron chi connectivity index (χ3n) is 2.70. The molecule has 0 bridgehead atoms. The molecule has 1 aromatic heterocycles. The van der Waals surface area contributed by atoms with E-state index in [1.165, 1.54) is 6.07 Å². The molecule has 0 amide bonds. The topological polar surface area (TPSA) is 82.2 Å². The maximum absolute atomic E-state index is 10.9. The van der Waals surface area contributed by atoms with Gasteiger partial charge in [0.2, 0.25) is 0 Å². The molecule has 1 aromatic carbocycles. The molecule has 0 saturated heterocycles. The van der Waals surface area contributed by atoms with Crippen molar-refractivity contribution in [3.05, 3.63) is 46.3 Å². The van der Waals surface area contributed by atoms with Crippen molar-refractivity contribution in [1.82, 2.24) is 9.78 Å². The molecule has 0 saturated carbocycles. The molecule has 106 valence electrons. The molecule has 0 aliphatic rings. The molecule has 0 unspecified atom stereocenters. The van der Waals surface area contributed by atoms with Crippen molar-refractivity contribution in [2.45, 2.75) is 13.5 Å². The Morgan fingerprint density at radius 1 is 1.45 bits per heavy atom. The van der Waals surface area contributed by atoms with E-state index in [-0.39, 0.29) is 11.4 Å². The van der Waals surface area contributed by atoms with Crippen molar-refractivity contribution in [3.63, 3.8) is 0 Å². The highest BCUT2D eigenvalue weighted by molar-refractivity contribution is 5.58. The zero-order valence-electron chi connectivity index (χ0n) is 11.4. The van der Waals surface area contributed by atoms with Gasteiger partial charge in [0.1, 0.15) is 0 Å². The lowest BCUT2D eigenvalue weighted by atomic mass is 10.2. The number of nitrogens with one attached hydrogen (secondary N) is 1. The Hall–Kier alpha value is -2.57. The van der Waals surface area contributed by atoms with Crippen LogP contribution >= 0.6 is 0 Å². The Labute approximate surface area is 116 Å². The summed E-state index contributed by atoms with van der Waals surface area (Å²) in [6.07, 6.45) is 1.86. The predicted molar refractivity (Wildman–Crippen MR) is 74.8 cm³/mol. The molecule has 0 radical (unpaired) electrons. The van der Waals surface area contributed by atoms with Crippen LogP contribution < -0.4 is 10.1 Å². The lowest BCUT2D eigenvalue weighted by molar-refractivity contribution is -0.385. The van der Waals surface area contributed by atoms with Crippen molar-refractivity contribution >= 4 is 11.4 Å². The summed E-state index contributed by atoms with van der Waals surface area (Å²) in [6.45, 7) is 2.71. The highest BCUT2D eigenvalue weighted by atomic mass is 16.6. The molecule has 2 aromatic rings. The summed E-state index contributed by atoms with van der Waals surface area (Å²) in [7, 11) is 1.85. The first-order chi connectivity index (χ1) is 9.60. The number of hydrogen-bond donors (Lipinski definition) is 1. The summed E-state index contributed by atoms with van der Waals surface area (Å²) in [6, 6.07) is 6.63. The third-order valence-corrected chi connectivity index (χ3v) is 2.70. The van der Waals surface area contributed by atoms with E-state index in [1.807, 2.05) is 19.3 Å². The number of nitrogens with zero attached hydrogens (tertiary/aromatic N) is 3. The van der Waals surface area contributed by atoms with E-state index < -0.39 is 4.92 Å². The van der Waals surface area contributed by atoms with Gasteiger partial charge in [-0.3, -0.25) is 14.8 Å². The summed E-state index contributed by atoms with van der Waals surface area (Å²) in [5.74, 6) is 0.267. The second-order valence-electron chi connectivity index (χ2n) is 4.21. The van der Waals surface area contributed by atoms with Gasteiger partial charge in [-0.05, 0) is 19.1 Å². The third kappa shape index (κ3) is 3.25. The van der Waals surface area contributed by atoms with Crippen LogP contribution in [0, 0.1) is 10.1 Å². The lowest BCUT2D eigenvalue weighted by Gasteiger charge is -2.08. The highest BCUT2D eigenvalue weighted by Gasteiger charge is 2.15. The monoisotopic (exact) mass is 276 g/mol. The first-order valence-electron chi connectivity index (χ1n) is 6.23. The molecular formula is C13H16N4O3.